The van der Waals surface area contributed by atoms with E-state index in [1.165, 1.54) is 0 Å². The molecule has 2 aliphatic rings. The lowest BCUT2D eigenvalue weighted by Crippen LogP contribution is -2.39. The summed E-state index contributed by atoms with van der Waals surface area (Å²) in [4.78, 5) is 23.5. The highest BCUT2D eigenvalue weighted by molar-refractivity contribution is 7.92. The number of anilines is 1. The van der Waals surface area contributed by atoms with Gasteiger partial charge in [0.2, 0.25) is 5.91 Å². The van der Waals surface area contributed by atoms with Gasteiger partial charge in [0, 0.05) is 17.1 Å². The van der Waals surface area contributed by atoms with Crippen LogP contribution in [0.4, 0.5) is 10.5 Å². The first-order chi connectivity index (χ1) is 12.3. The van der Waals surface area contributed by atoms with E-state index in [2.05, 4.69) is 16.0 Å². The Morgan fingerprint density at radius 3 is 2.85 bits per heavy atom. The molecule has 0 spiro atoms. The lowest BCUT2D eigenvalue weighted by Gasteiger charge is -2.16. The van der Waals surface area contributed by atoms with E-state index in [0.29, 0.717) is 36.4 Å². The molecule has 0 bridgehead atoms. The Bertz CT molecular complexity index is 827. The number of urea groups is 1. The smallest absolute Gasteiger partial charge is 0.315 e. The molecule has 0 aliphatic carbocycles. The van der Waals surface area contributed by atoms with E-state index in [4.69, 9.17) is 11.6 Å². The number of carbonyl (C=O) groups excluding carboxylic acids is 2. The molecule has 0 aromatic heterocycles. The zero-order chi connectivity index (χ0) is 18.9. The zero-order valence-corrected chi connectivity index (χ0v) is 16.0. The number of rotatable bonds is 6. The summed E-state index contributed by atoms with van der Waals surface area (Å²) in [7, 11) is -3.22. The maximum Gasteiger partial charge on any atom is 0.315 e. The first-order valence-corrected chi connectivity index (χ1v) is 10.7. The van der Waals surface area contributed by atoms with E-state index >= 15 is 0 Å². The Morgan fingerprint density at radius 2 is 2.08 bits per heavy atom. The molecule has 3 amide bonds. The van der Waals surface area contributed by atoms with Crippen LogP contribution >= 0.6 is 11.6 Å². The van der Waals surface area contributed by atoms with Crippen molar-refractivity contribution in [3.63, 3.8) is 0 Å². The SMILES string of the molecule is Cc1ccc(Cl)cc1NC(=O)CCCC[C@@H]1[C@H]2NC(=O)N[C@H]2CS1(=O)=O. The fourth-order valence-corrected chi connectivity index (χ4v) is 6.02. The normalized spacial score (nSPS) is 26.1. The van der Waals surface area contributed by atoms with Gasteiger partial charge >= 0.3 is 6.03 Å². The average molecular weight is 400 g/mol. The van der Waals surface area contributed by atoms with Crippen LogP contribution in [-0.4, -0.2) is 43.4 Å². The number of fused-ring (bicyclic) bond motifs is 1. The molecule has 2 heterocycles. The quantitative estimate of drug-likeness (QED) is 0.502. The van der Waals surface area contributed by atoms with Crippen molar-refractivity contribution in [1.82, 2.24) is 10.6 Å². The van der Waals surface area contributed by atoms with Crippen molar-refractivity contribution in [3.8, 4) is 0 Å². The van der Waals surface area contributed by atoms with Crippen molar-refractivity contribution < 1.29 is 18.0 Å². The second-order valence-corrected chi connectivity index (χ2v) is 9.57. The molecule has 2 fully saturated rings. The largest absolute Gasteiger partial charge is 0.332 e. The van der Waals surface area contributed by atoms with Crippen LogP contribution in [0.25, 0.3) is 0 Å². The van der Waals surface area contributed by atoms with Crippen LogP contribution in [-0.2, 0) is 14.6 Å². The minimum Gasteiger partial charge on any atom is -0.332 e. The molecule has 3 atom stereocenters. The molecule has 3 rings (SSSR count). The predicted molar refractivity (Wildman–Crippen MR) is 100 cm³/mol. The third-order valence-electron chi connectivity index (χ3n) is 4.94. The Morgan fingerprint density at radius 1 is 1.31 bits per heavy atom. The second kappa shape index (κ2) is 7.44. The fraction of sp³-hybridized carbons (Fsp3) is 0.529. The zero-order valence-electron chi connectivity index (χ0n) is 14.4. The highest BCUT2D eigenvalue weighted by atomic mass is 35.5. The molecule has 2 aliphatic heterocycles. The van der Waals surface area contributed by atoms with Gasteiger partial charge in [-0.25, -0.2) is 13.2 Å². The number of hydrogen-bond acceptors (Lipinski definition) is 4. The third-order valence-corrected chi connectivity index (χ3v) is 7.45. The Hall–Kier alpha value is -1.80. The fourth-order valence-electron chi connectivity index (χ4n) is 3.58. The summed E-state index contributed by atoms with van der Waals surface area (Å²) in [6.07, 6.45) is 1.92. The molecule has 1 aromatic rings. The van der Waals surface area contributed by atoms with Crippen molar-refractivity contribution in [2.75, 3.05) is 11.1 Å². The molecule has 7 nitrogen and oxygen atoms in total. The number of sulfone groups is 1. The number of benzene rings is 1. The van der Waals surface area contributed by atoms with Crippen LogP contribution in [0.1, 0.15) is 31.2 Å². The van der Waals surface area contributed by atoms with Gasteiger partial charge < -0.3 is 16.0 Å². The number of nitrogens with one attached hydrogen (secondary N) is 3. The van der Waals surface area contributed by atoms with Gasteiger partial charge in [-0.3, -0.25) is 4.79 Å². The Balaban J connectivity index is 1.47. The van der Waals surface area contributed by atoms with Gasteiger partial charge in [-0.2, -0.15) is 0 Å². The molecular formula is C17H22ClN3O4S. The van der Waals surface area contributed by atoms with E-state index < -0.39 is 15.1 Å². The third kappa shape index (κ3) is 4.12. The molecule has 2 saturated heterocycles. The van der Waals surface area contributed by atoms with E-state index in [9.17, 15) is 18.0 Å². The second-order valence-electron chi connectivity index (χ2n) is 6.87. The standard InChI is InChI=1S/C17H22ClN3O4S/c1-10-6-7-11(18)8-12(10)19-15(22)5-3-2-4-14-16-13(9-26(14,24)25)20-17(23)21-16/h6-8,13-14,16H,2-5,9H2,1H3,(H,19,22)(H2,20,21,23)/t13-,14+,16-/m0/s1. The van der Waals surface area contributed by atoms with Crippen molar-refractivity contribution >= 4 is 39.1 Å². The number of unbranched alkanes of at least 4 members (excludes halogenated alkanes) is 1. The number of hydrogen-bond donors (Lipinski definition) is 3. The van der Waals surface area contributed by atoms with Gasteiger partial charge in [-0.05, 0) is 37.5 Å². The molecular weight excluding hydrogens is 378 g/mol. The molecule has 0 unspecified atom stereocenters. The van der Waals surface area contributed by atoms with Crippen molar-refractivity contribution in [3.05, 3.63) is 28.8 Å². The van der Waals surface area contributed by atoms with E-state index in [1.54, 1.807) is 12.1 Å². The molecule has 0 saturated carbocycles. The van der Waals surface area contributed by atoms with Gasteiger partial charge in [-0.1, -0.05) is 24.1 Å². The minimum absolute atomic E-state index is 0.0183. The molecule has 3 N–H and O–H groups in total. The average Bonchev–Trinajstić information content (AvgIpc) is 2.99. The Labute approximate surface area is 157 Å². The molecule has 9 heteroatoms. The summed E-state index contributed by atoms with van der Waals surface area (Å²) >= 11 is 5.94. The monoisotopic (exact) mass is 399 g/mol. The first kappa shape index (κ1) is 19.0. The van der Waals surface area contributed by atoms with Gasteiger partial charge in [0.05, 0.1) is 23.1 Å². The van der Waals surface area contributed by atoms with E-state index in [-0.39, 0.29) is 29.8 Å². The number of amides is 3. The summed E-state index contributed by atoms with van der Waals surface area (Å²) in [6, 6.07) is 4.29. The highest BCUT2D eigenvalue weighted by Gasteiger charge is 2.51. The van der Waals surface area contributed by atoms with Crippen LogP contribution < -0.4 is 16.0 Å². The lowest BCUT2D eigenvalue weighted by atomic mass is 10.0. The summed E-state index contributed by atoms with van der Waals surface area (Å²) in [5.41, 5.74) is 1.61. The van der Waals surface area contributed by atoms with Gasteiger partial charge in [0.1, 0.15) is 0 Å². The number of carbonyl (C=O) groups is 2. The summed E-state index contributed by atoms with van der Waals surface area (Å²) in [6.45, 7) is 1.89. The van der Waals surface area contributed by atoms with E-state index in [1.807, 2.05) is 13.0 Å². The van der Waals surface area contributed by atoms with Crippen molar-refractivity contribution in [2.45, 2.75) is 49.9 Å². The highest BCUT2D eigenvalue weighted by Crippen LogP contribution is 2.28. The summed E-state index contributed by atoms with van der Waals surface area (Å²) < 4.78 is 24.5. The van der Waals surface area contributed by atoms with Gasteiger partial charge in [-0.15, -0.1) is 0 Å². The summed E-state index contributed by atoms with van der Waals surface area (Å²) in [5.74, 6) is -0.145. The predicted octanol–water partition coefficient (Wildman–Crippen LogP) is 1.99. The van der Waals surface area contributed by atoms with Gasteiger partial charge in [0.15, 0.2) is 9.84 Å². The van der Waals surface area contributed by atoms with Crippen molar-refractivity contribution in [1.29, 1.82) is 0 Å². The number of aryl methyl sites for hydroxylation is 1. The molecule has 26 heavy (non-hydrogen) atoms. The lowest BCUT2D eigenvalue weighted by molar-refractivity contribution is -0.116. The topological polar surface area (TPSA) is 104 Å². The first-order valence-electron chi connectivity index (χ1n) is 8.61. The van der Waals surface area contributed by atoms with Crippen LogP contribution in [0.15, 0.2) is 18.2 Å². The molecule has 1 aromatic carbocycles. The van der Waals surface area contributed by atoms with Crippen molar-refractivity contribution in [2.24, 2.45) is 0 Å². The van der Waals surface area contributed by atoms with Crippen LogP contribution in [0.3, 0.4) is 0 Å². The summed E-state index contributed by atoms with van der Waals surface area (Å²) in [5, 5.41) is 8.14. The maximum atomic E-state index is 12.2. The van der Waals surface area contributed by atoms with Gasteiger partial charge in [0.25, 0.3) is 0 Å². The minimum atomic E-state index is -3.22. The van der Waals surface area contributed by atoms with Crippen LogP contribution in [0.5, 0.6) is 0 Å². The molecule has 142 valence electrons. The van der Waals surface area contributed by atoms with Crippen LogP contribution in [0, 0.1) is 6.92 Å². The molecule has 0 radical (unpaired) electrons. The Kier molecular flexibility index (Phi) is 5.43. The van der Waals surface area contributed by atoms with E-state index in [0.717, 1.165) is 5.56 Å². The van der Waals surface area contributed by atoms with Crippen LogP contribution in [0.2, 0.25) is 5.02 Å². The maximum absolute atomic E-state index is 12.2. The number of halogens is 1.